The van der Waals surface area contributed by atoms with E-state index in [1.165, 1.54) is 6.07 Å². The van der Waals surface area contributed by atoms with E-state index in [-0.39, 0.29) is 17.3 Å². The van der Waals surface area contributed by atoms with Gasteiger partial charge in [0.2, 0.25) is 0 Å². The minimum atomic E-state index is -0.469. The standard InChI is InChI=1S/C10H11N3O2S/c1-2-5-6-3-9(13(14)15)7(11)4-8(6)12-10(5)16/h3-5H,2,11H2,1H3,(H,12,16). The first-order valence-electron chi connectivity index (χ1n) is 4.93. The molecule has 0 aliphatic carbocycles. The van der Waals surface area contributed by atoms with Crippen molar-refractivity contribution in [2.24, 2.45) is 0 Å². The first-order valence-corrected chi connectivity index (χ1v) is 5.34. The molecule has 1 aromatic carbocycles. The van der Waals surface area contributed by atoms with Crippen LogP contribution in [0, 0.1) is 10.1 Å². The predicted molar refractivity (Wildman–Crippen MR) is 66.8 cm³/mol. The molecule has 5 nitrogen and oxygen atoms in total. The topological polar surface area (TPSA) is 81.2 Å². The fourth-order valence-corrected chi connectivity index (χ4v) is 2.35. The molecular formula is C10H11N3O2S. The van der Waals surface area contributed by atoms with E-state index >= 15 is 0 Å². The van der Waals surface area contributed by atoms with E-state index in [0.29, 0.717) is 4.99 Å². The number of anilines is 2. The highest BCUT2D eigenvalue weighted by molar-refractivity contribution is 7.80. The third kappa shape index (κ3) is 1.51. The van der Waals surface area contributed by atoms with Gasteiger partial charge in [-0.1, -0.05) is 19.1 Å². The van der Waals surface area contributed by atoms with E-state index in [2.05, 4.69) is 5.32 Å². The summed E-state index contributed by atoms with van der Waals surface area (Å²) in [5.41, 5.74) is 7.37. The van der Waals surface area contributed by atoms with Crippen molar-refractivity contribution >= 4 is 34.3 Å². The lowest BCUT2D eigenvalue weighted by molar-refractivity contribution is -0.383. The molecule has 1 aliphatic rings. The second-order valence-corrected chi connectivity index (χ2v) is 4.15. The van der Waals surface area contributed by atoms with Gasteiger partial charge in [0.15, 0.2) is 0 Å². The number of nitro groups is 1. The quantitative estimate of drug-likeness (QED) is 0.357. The van der Waals surface area contributed by atoms with Crippen LogP contribution < -0.4 is 11.1 Å². The lowest BCUT2D eigenvalue weighted by Gasteiger charge is -2.06. The zero-order valence-electron chi connectivity index (χ0n) is 8.69. The largest absolute Gasteiger partial charge is 0.393 e. The molecule has 84 valence electrons. The molecule has 1 aromatic rings. The van der Waals surface area contributed by atoms with Crippen LogP contribution in [0.15, 0.2) is 12.1 Å². The second kappa shape index (κ2) is 3.71. The Bertz CT molecular complexity index is 487. The first-order chi connectivity index (χ1) is 7.54. The van der Waals surface area contributed by atoms with Crippen LogP contribution in [0.25, 0.3) is 0 Å². The van der Waals surface area contributed by atoms with Gasteiger partial charge < -0.3 is 11.1 Å². The zero-order valence-corrected chi connectivity index (χ0v) is 9.50. The number of nitro benzene ring substituents is 1. The van der Waals surface area contributed by atoms with Crippen LogP contribution in [0.4, 0.5) is 17.1 Å². The molecule has 0 saturated carbocycles. The van der Waals surface area contributed by atoms with Crippen molar-refractivity contribution in [3.8, 4) is 0 Å². The Morgan fingerprint density at radius 2 is 2.31 bits per heavy atom. The normalized spacial score (nSPS) is 18.1. The molecule has 0 radical (unpaired) electrons. The van der Waals surface area contributed by atoms with E-state index in [1.807, 2.05) is 6.92 Å². The van der Waals surface area contributed by atoms with Crippen LogP contribution in [0.5, 0.6) is 0 Å². The molecule has 2 rings (SSSR count). The Morgan fingerprint density at radius 3 is 2.88 bits per heavy atom. The molecule has 1 atom stereocenters. The van der Waals surface area contributed by atoms with Crippen LogP contribution in [-0.2, 0) is 0 Å². The number of thiocarbonyl (C=S) groups is 1. The number of fused-ring (bicyclic) bond motifs is 1. The van der Waals surface area contributed by atoms with Gasteiger partial charge in [-0.25, -0.2) is 0 Å². The summed E-state index contributed by atoms with van der Waals surface area (Å²) in [6.07, 6.45) is 0.819. The van der Waals surface area contributed by atoms with Gasteiger partial charge in [-0.05, 0) is 18.1 Å². The van der Waals surface area contributed by atoms with Crippen molar-refractivity contribution in [1.82, 2.24) is 0 Å². The van der Waals surface area contributed by atoms with E-state index in [9.17, 15) is 10.1 Å². The van der Waals surface area contributed by atoms with Crippen LogP contribution in [0.3, 0.4) is 0 Å². The number of rotatable bonds is 2. The summed E-state index contributed by atoms with van der Waals surface area (Å²) in [6, 6.07) is 3.10. The minimum Gasteiger partial charge on any atom is -0.393 e. The van der Waals surface area contributed by atoms with Crippen LogP contribution in [-0.4, -0.2) is 9.91 Å². The number of hydrogen-bond donors (Lipinski definition) is 2. The zero-order chi connectivity index (χ0) is 11.9. The molecular weight excluding hydrogens is 226 g/mol. The van der Waals surface area contributed by atoms with Crippen molar-refractivity contribution in [3.63, 3.8) is 0 Å². The summed E-state index contributed by atoms with van der Waals surface area (Å²) in [7, 11) is 0. The number of nitrogens with zero attached hydrogens (tertiary/aromatic N) is 1. The number of hydrogen-bond acceptors (Lipinski definition) is 4. The monoisotopic (exact) mass is 237 g/mol. The fraction of sp³-hybridized carbons (Fsp3) is 0.300. The maximum atomic E-state index is 10.8. The van der Waals surface area contributed by atoms with Gasteiger partial charge in [0, 0.05) is 17.7 Å². The Kier molecular flexibility index (Phi) is 2.51. The molecule has 0 saturated heterocycles. The molecule has 0 amide bonds. The van der Waals surface area contributed by atoms with E-state index in [1.54, 1.807) is 6.07 Å². The molecule has 0 fully saturated rings. The fourth-order valence-electron chi connectivity index (χ4n) is 1.94. The van der Waals surface area contributed by atoms with Gasteiger partial charge in [0.1, 0.15) is 5.69 Å². The summed E-state index contributed by atoms with van der Waals surface area (Å²) >= 11 is 5.18. The second-order valence-electron chi connectivity index (χ2n) is 3.71. The molecule has 3 N–H and O–H groups in total. The SMILES string of the molecule is CCC1C(=S)Nc2cc(N)c([N+](=O)[O-])cc21. The molecule has 0 bridgehead atoms. The van der Waals surface area contributed by atoms with Gasteiger partial charge in [0.05, 0.1) is 9.91 Å². The molecule has 1 aliphatic heterocycles. The number of nitrogens with one attached hydrogen (secondary N) is 1. The highest BCUT2D eigenvalue weighted by Crippen LogP contribution is 2.40. The third-order valence-electron chi connectivity index (χ3n) is 2.75. The Balaban J connectivity index is 2.57. The maximum Gasteiger partial charge on any atom is 0.292 e. The van der Waals surface area contributed by atoms with E-state index < -0.39 is 4.92 Å². The Labute approximate surface area is 97.8 Å². The van der Waals surface area contributed by atoms with Crippen molar-refractivity contribution in [2.45, 2.75) is 19.3 Å². The molecule has 6 heteroatoms. The van der Waals surface area contributed by atoms with Gasteiger partial charge in [0.25, 0.3) is 5.69 Å². The minimum absolute atomic E-state index is 0.0521. The lowest BCUT2D eigenvalue weighted by Crippen LogP contribution is -2.07. The highest BCUT2D eigenvalue weighted by atomic mass is 32.1. The Morgan fingerprint density at radius 1 is 1.62 bits per heavy atom. The summed E-state index contributed by atoms with van der Waals surface area (Å²) in [5.74, 6) is 0.0595. The van der Waals surface area contributed by atoms with Gasteiger partial charge in [-0.2, -0.15) is 0 Å². The summed E-state index contributed by atoms with van der Waals surface area (Å²) < 4.78 is 0. The predicted octanol–water partition coefficient (Wildman–Crippen LogP) is 2.42. The maximum absolute atomic E-state index is 10.8. The van der Waals surface area contributed by atoms with Crippen LogP contribution in [0.2, 0.25) is 0 Å². The number of nitrogens with two attached hydrogens (primary N) is 1. The molecule has 0 aromatic heterocycles. The highest BCUT2D eigenvalue weighted by Gasteiger charge is 2.29. The summed E-state index contributed by atoms with van der Waals surface area (Å²) in [4.78, 5) is 11.0. The van der Waals surface area contributed by atoms with Crippen LogP contribution in [0.1, 0.15) is 24.8 Å². The first kappa shape index (κ1) is 10.8. The Hall–Kier alpha value is -1.69. The molecule has 0 spiro atoms. The summed E-state index contributed by atoms with van der Waals surface area (Å²) in [5, 5.41) is 13.8. The number of nitrogen functional groups attached to an aromatic ring is 1. The van der Waals surface area contributed by atoms with Gasteiger partial charge >= 0.3 is 0 Å². The number of benzene rings is 1. The third-order valence-corrected chi connectivity index (χ3v) is 3.14. The average molecular weight is 237 g/mol. The molecule has 1 heterocycles. The van der Waals surface area contributed by atoms with Crippen molar-refractivity contribution < 1.29 is 4.92 Å². The van der Waals surface area contributed by atoms with Gasteiger partial charge in [-0.15, -0.1) is 0 Å². The summed E-state index contributed by atoms with van der Waals surface area (Å²) in [6.45, 7) is 2.00. The van der Waals surface area contributed by atoms with E-state index in [4.69, 9.17) is 18.0 Å². The van der Waals surface area contributed by atoms with Gasteiger partial charge in [-0.3, -0.25) is 10.1 Å². The van der Waals surface area contributed by atoms with E-state index in [0.717, 1.165) is 17.7 Å². The molecule has 16 heavy (non-hydrogen) atoms. The van der Waals surface area contributed by atoms with Crippen molar-refractivity contribution in [3.05, 3.63) is 27.8 Å². The lowest BCUT2D eigenvalue weighted by atomic mass is 9.98. The van der Waals surface area contributed by atoms with Crippen molar-refractivity contribution in [2.75, 3.05) is 11.1 Å². The van der Waals surface area contributed by atoms with Crippen LogP contribution >= 0.6 is 12.2 Å². The smallest absolute Gasteiger partial charge is 0.292 e. The molecule has 1 unspecified atom stereocenters. The van der Waals surface area contributed by atoms with Crippen molar-refractivity contribution in [1.29, 1.82) is 0 Å². The average Bonchev–Trinajstić information content (AvgIpc) is 2.50.